The van der Waals surface area contributed by atoms with Gasteiger partial charge >= 0.3 is 6.09 Å². The summed E-state index contributed by atoms with van der Waals surface area (Å²) in [6, 6.07) is 16.6. The molecule has 4 fully saturated rings. The highest BCUT2D eigenvalue weighted by Gasteiger charge is 2.55. The number of methoxy groups -OCH3 is 1. The Labute approximate surface area is 522 Å². The first kappa shape index (κ1) is 63.8. The predicted octanol–water partition coefficient (Wildman–Crippen LogP) is 3.74. The van der Waals surface area contributed by atoms with Crippen molar-refractivity contribution in [2.45, 2.75) is 152 Å². The van der Waals surface area contributed by atoms with E-state index in [1.165, 1.54) is 49.3 Å². The normalized spacial score (nSPS) is 26.1. The number of hydrogen-bond acceptors (Lipinski definition) is 20. The van der Waals surface area contributed by atoms with E-state index in [1.54, 1.807) is 62.4 Å². The molecule has 5 heterocycles. The zero-order valence-electron chi connectivity index (χ0n) is 50.5. The number of Topliss-reactive ketones (excluding diaryl/α,β-unsaturated/α-hetero) is 1. The summed E-state index contributed by atoms with van der Waals surface area (Å²) in [5, 5.41) is 47.0. The van der Waals surface area contributed by atoms with Gasteiger partial charge in [0.15, 0.2) is 36.2 Å². The van der Waals surface area contributed by atoms with Crippen molar-refractivity contribution >= 4 is 70.3 Å². The van der Waals surface area contributed by atoms with Crippen molar-refractivity contribution in [3.8, 4) is 11.5 Å². The Hall–Kier alpha value is -8.76. The molecule has 0 aromatic heterocycles. The van der Waals surface area contributed by atoms with Crippen LogP contribution in [0.3, 0.4) is 0 Å². The molecule has 4 aromatic carbocycles. The molecule has 2 unspecified atom stereocenters. The van der Waals surface area contributed by atoms with Gasteiger partial charge in [0.05, 0.1) is 41.2 Å². The molecule has 480 valence electrons. The smallest absolute Gasteiger partial charge is 0.411 e. The lowest BCUT2D eigenvalue weighted by atomic mass is 9.72. The van der Waals surface area contributed by atoms with Crippen molar-refractivity contribution < 1.29 is 91.7 Å². The maximum atomic E-state index is 14.8. The summed E-state index contributed by atoms with van der Waals surface area (Å²) in [7, 11) is 1.52. The summed E-state index contributed by atoms with van der Waals surface area (Å²) in [6.45, 7) is 4.97. The molecule has 26 nitrogen and oxygen atoms in total. The number of morpholine rings is 1. The van der Waals surface area contributed by atoms with Crippen molar-refractivity contribution in [2.24, 2.45) is 0 Å². The number of likely N-dealkylation sites (tertiary alicyclic amines) is 1. The van der Waals surface area contributed by atoms with Gasteiger partial charge in [-0.2, -0.15) is 0 Å². The summed E-state index contributed by atoms with van der Waals surface area (Å²) in [5.41, 5.74) is -3.10. The molecule has 2 aliphatic carbocycles. The molecule has 7 aliphatic rings. The van der Waals surface area contributed by atoms with Crippen molar-refractivity contribution in [2.75, 3.05) is 44.0 Å². The van der Waals surface area contributed by atoms with Crippen molar-refractivity contribution in [3.63, 3.8) is 0 Å². The molecule has 0 bridgehead atoms. The minimum Gasteiger partial charge on any atom is -0.507 e. The van der Waals surface area contributed by atoms with Gasteiger partial charge < -0.3 is 64.6 Å². The van der Waals surface area contributed by atoms with E-state index in [0.717, 1.165) is 10.5 Å². The highest BCUT2D eigenvalue weighted by atomic mass is 16.7. The first-order valence-corrected chi connectivity index (χ1v) is 30.3. The van der Waals surface area contributed by atoms with Crippen LogP contribution in [0.1, 0.15) is 126 Å². The number of nitrogens with one attached hydrogen (secondary N) is 4. The minimum absolute atomic E-state index is 0.0742. The van der Waals surface area contributed by atoms with Crippen LogP contribution in [0.25, 0.3) is 0 Å². The van der Waals surface area contributed by atoms with Crippen LogP contribution in [0, 0.1) is 0 Å². The monoisotopic (exact) mass is 1250 g/mol. The zero-order valence-corrected chi connectivity index (χ0v) is 50.5. The van der Waals surface area contributed by atoms with E-state index in [9.17, 15) is 63.3 Å². The minimum atomic E-state index is -2.13. The fraction of sp³-hybridized carbons (Fsp3) is 0.446. The number of rotatable bonds is 21. The Morgan fingerprint density at radius 1 is 0.802 bits per heavy atom. The maximum Gasteiger partial charge on any atom is 0.411 e. The third-order valence-electron chi connectivity index (χ3n) is 18.0. The Kier molecular flexibility index (Phi) is 18.6. The van der Waals surface area contributed by atoms with Gasteiger partial charge in [-0.05, 0) is 57.7 Å². The number of para-hydroxylation sites is 1. The summed E-state index contributed by atoms with van der Waals surface area (Å²) in [5.74, 6) is -6.92. The quantitative estimate of drug-likeness (QED) is 0.0312. The second-order valence-electron chi connectivity index (χ2n) is 23.9. The Morgan fingerprint density at radius 2 is 1.53 bits per heavy atom. The van der Waals surface area contributed by atoms with E-state index >= 15 is 0 Å². The van der Waals surface area contributed by atoms with E-state index in [-0.39, 0.29) is 83.7 Å². The van der Waals surface area contributed by atoms with Crippen molar-refractivity contribution in [1.29, 1.82) is 0 Å². The number of unbranched alkanes of at least 4 members (excludes halogenated alkanes) is 2. The molecule has 91 heavy (non-hydrogen) atoms. The Balaban J connectivity index is 0.721. The highest BCUT2D eigenvalue weighted by molar-refractivity contribution is 6.32. The maximum absolute atomic E-state index is 14.8. The number of amides is 7. The van der Waals surface area contributed by atoms with E-state index in [2.05, 4.69) is 26.2 Å². The first-order chi connectivity index (χ1) is 43.6. The fourth-order valence-corrected chi connectivity index (χ4v) is 13.3. The number of hydrogen-bond donors (Lipinski definition) is 7. The number of aromatic hydroxyl groups is 2. The van der Waals surface area contributed by atoms with Crippen LogP contribution in [0.2, 0.25) is 0 Å². The highest BCUT2D eigenvalue weighted by Crippen LogP contribution is 2.53. The topological polar surface area (TPSA) is 345 Å². The first-order valence-electron chi connectivity index (χ1n) is 30.3. The van der Waals surface area contributed by atoms with Crippen molar-refractivity contribution in [1.82, 2.24) is 25.3 Å². The molecular weight excluding hydrogens is 1180 g/mol. The largest absolute Gasteiger partial charge is 0.507 e. The summed E-state index contributed by atoms with van der Waals surface area (Å²) in [4.78, 5) is 139. The lowest BCUT2D eigenvalue weighted by Crippen LogP contribution is -2.55. The summed E-state index contributed by atoms with van der Waals surface area (Å²) >= 11 is 0. The lowest BCUT2D eigenvalue weighted by molar-refractivity contribution is -0.256. The van der Waals surface area contributed by atoms with Gasteiger partial charge in [0.25, 0.3) is 11.8 Å². The van der Waals surface area contributed by atoms with Crippen LogP contribution < -0.4 is 21.3 Å². The van der Waals surface area contributed by atoms with Gasteiger partial charge in [0.1, 0.15) is 48.4 Å². The van der Waals surface area contributed by atoms with Crippen LogP contribution >= 0.6 is 0 Å². The van der Waals surface area contributed by atoms with Gasteiger partial charge in [-0.1, -0.05) is 67.1 Å². The van der Waals surface area contributed by atoms with Gasteiger partial charge in [0.2, 0.25) is 23.6 Å². The zero-order chi connectivity index (χ0) is 64.6. The van der Waals surface area contributed by atoms with Crippen LogP contribution in [0.15, 0.2) is 84.9 Å². The number of fused-ring (bicyclic) bond motifs is 6. The van der Waals surface area contributed by atoms with Crippen LogP contribution in [-0.2, 0) is 81.4 Å². The third-order valence-corrected chi connectivity index (χ3v) is 18.0. The van der Waals surface area contributed by atoms with Gasteiger partial charge in [-0.3, -0.25) is 58.3 Å². The molecule has 11 atom stereocenters. The van der Waals surface area contributed by atoms with Gasteiger partial charge in [0, 0.05) is 104 Å². The second-order valence-corrected chi connectivity index (χ2v) is 23.9. The standard InChI is InChI=1S/C65H71N7O19/c1-33-26-43(68-60(82)42(27-36-14-7-5-8-15-36)67-46(74)20-9-6-12-23-71-48(76)21-22-49(71)77)61(83)72(33)31-47(75)66-40-18-11-10-16-37(40)32-88-64(84)69-41-19-13-17-38-51(41)57(80)54-53(55(38)78)56(79)39-29-65(85,35(3)73)30-45(52(39)58(54)81)90-50-28-44-59(34(2)89-50)91-62-63(86-4)87-25-24-70(44)62/h5,7-8,10-11,13-19,21-22,33-34,42-45,50,59,62-63,79,81,85H,6,9,12,20,23-32H2,1-4H3,(H,66,75)(H,67,74)(H,68,82)(H,69,84)/t33?,34-,42-,43-,44-,45-,50?,59+,62+,63-,65-/m0/s1. The van der Waals surface area contributed by atoms with Crippen molar-refractivity contribution in [3.05, 3.63) is 129 Å². The van der Waals surface area contributed by atoms with Crippen LogP contribution in [0.5, 0.6) is 11.5 Å². The molecule has 11 rings (SSSR count). The molecule has 7 N–H and O–H groups in total. The Morgan fingerprint density at radius 3 is 2.27 bits per heavy atom. The third kappa shape index (κ3) is 13.0. The van der Waals surface area contributed by atoms with E-state index in [0.29, 0.717) is 38.0 Å². The number of ketones is 3. The average molecular weight is 1250 g/mol. The molecular formula is C65H71N7O19. The number of nitrogens with zero attached hydrogens (tertiary/aromatic N) is 3. The molecule has 0 radical (unpaired) electrons. The van der Waals surface area contributed by atoms with E-state index in [1.807, 2.05) is 6.07 Å². The molecule has 26 heteroatoms. The number of anilines is 2. The number of carbonyl (C=O) groups excluding carboxylic acids is 10. The number of carbonyl (C=O) groups is 10. The van der Waals surface area contributed by atoms with E-state index < -0.39 is 157 Å². The number of ether oxygens (including phenoxy) is 6. The van der Waals surface area contributed by atoms with Gasteiger partial charge in [-0.15, -0.1) is 0 Å². The molecule has 4 saturated heterocycles. The second kappa shape index (κ2) is 26.6. The summed E-state index contributed by atoms with van der Waals surface area (Å²) in [6.07, 6.45) is -2.06. The molecule has 0 spiro atoms. The molecule has 7 amide bonds. The molecule has 0 saturated carbocycles. The van der Waals surface area contributed by atoms with Gasteiger partial charge in [-0.25, -0.2) is 4.79 Å². The molecule has 5 aliphatic heterocycles. The number of imide groups is 1. The summed E-state index contributed by atoms with van der Waals surface area (Å²) < 4.78 is 36.1. The lowest BCUT2D eigenvalue weighted by Gasteiger charge is -2.43. The van der Waals surface area contributed by atoms with E-state index in [4.69, 9.17) is 28.4 Å². The number of phenolic OH excluding ortho intramolecular Hbond substituents is 2. The predicted molar refractivity (Wildman–Crippen MR) is 319 cm³/mol. The number of phenols is 2. The Bertz CT molecular complexity index is 3620. The molecule has 4 aromatic rings. The number of benzene rings is 4. The fourth-order valence-electron chi connectivity index (χ4n) is 13.3. The number of aliphatic hydroxyl groups is 1. The van der Waals surface area contributed by atoms with Crippen LogP contribution in [-0.4, -0.2) is 183 Å². The SMILES string of the molecule is CO[C@H]1OCCN2[C@@H]1O[C@@H]1[C@H](C)OC(O[C@H]3C[C@](O)(C(C)=O)Cc4c(O)c5c(c(O)c43)C(=O)c3c(NC(=O)OCc4ccccc4NC(=O)CN4C(=O)[C@@H](NC(=O)[C@H](Cc6ccccc6)NC(=O)CCCCCN6C(=O)C=CC6=O)CC4C)cccc3C5=O)C[C@@H]12. The van der Waals surface area contributed by atoms with Crippen LogP contribution in [0.4, 0.5) is 16.2 Å². The average Bonchev–Trinajstić information content (AvgIpc) is 1.25.